The minimum atomic E-state index is -0.802. The fourth-order valence-corrected chi connectivity index (χ4v) is 2.24. The second-order valence-electron chi connectivity index (χ2n) is 4.31. The van der Waals surface area contributed by atoms with Gasteiger partial charge in [0.1, 0.15) is 0 Å². The van der Waals surface area contributed by atoms with E-state index in [2.05, 4.69) is 0 Å². The standard InChI is InChI=1S/C13H17Cl2NO2/c1-3-4-16(8-9(2)13(17)18)12-6-10(14)5-11(15)7-12/h5-7,9H,3-4,8H2,1-2H3,(H,17,18). The molecule has 0 aliphatic rings. The molecule has 0 saturated carbocycles. The zero-order valence-corrected chi connectivity index (χ0v) is 12.0. The van der Waals surface area contributed by atoms with E-state index in [0.29, 0.717) is 16.6 Å². The first-order valence-corrected chi connectivity index (χ1v) is 6.63. The Bertz CT molecular complexity index is 403. The predicted molar refractivity (Wildman–Crippen MR) is 75.8 cm³/mol. The number of hydrogen-bond acceptors (Lipinski definition) is 2. The number of hydrogen-bond donors (Lipinski definition) is 1. The molecule has 0 aliphatic carbocycles. The van der Waals surface area contributed by atoms with Crippen molar-refractivity contribution in [2.75, 3.05) is 18.0 Å². The number of aliphatic carboxylic acids is 1. The smallest absolute Gasteiger partial charge is 0.308 e. The van der Waals surface area contributed by atoms with E-state index in [4.69, 9.17) is 28.3 Å². The SMILES string of the molecule is CCCN(CC(C)C(=O)O)c1cc(Cl)cc(Cl)c1. The van der Waals surface area contributed by atoms with Crippen molar-refractivity contribution in [3.8, 4) is 0 Å². The first-order valence-electron chi connectivity index (χ1n) is 5.88. The summed E-state index contributed by atoms with van der Waals surface area (Å²) in [5.74, 6) is -1.24. The molecule has 1 aromatic carbocycles. The Morgan fingerprint density at radius 2 is 1.89 bits per heavy atom. The Morgan fingerprint density at radius 3 is 2.33 bits per heavy atom. The van der Waals surface area contributed by atoms with Crippen molar-refractivity contribution in [1.82, 2.24) is 0 Å². The van der Waals surface area contributed by atoms with Gasteiger partial charge in [-0.1, -0.05) is 37.0 Å². The number of carboxylic acids is 1. The van der Waals surface area contributed by atoms with Crippen LogP contribution in [0.25, 0.3) is 0 Å². The lowest BCUT2D eigenvalue weighted by Crippen LogP contribution is -2.32. The van der Waals surface area contributed by atoms with Gasteiger partial charge in [-0.15, -0.1) is 0 Å². The van der Waals surface area contributed by atoms with Gasteiger partial charge in [0.2, 0.25) is 0 Å². The molecule has 5 heteroatoms. The summed E-state index contributed by atoms with van der Waals surface area (Å²) in [4.78, 5) is 12.9. The minimum Gasteiger partial charge on any atom is -0.481 e. The van der Waals surface area contributed by atoms with Gasteiger partial charge in [0.25, 0.3) is 0 Å². The number of anilines is 1. The van der Waals surface area contributed by atoms with Crippen LogP contribution in [-0.4, -0.2) is 24.2 Å². The summed E-state index contributed by atoms with van der Waals surface area (Å²) in [5.41, 5.74) is 0.863. The number of carbonyl (C=O) groups is 1. The number of halogens is 2. The lowest BCUT2D eigenvalue weighted by Gasteiger charge is -2.26. The molecular formula is C13H17Cl2NO2. The predicted octanol–water partition coefficient (Wildman–Crippen LogP) is 3.93. The molecule has 100 valence electrons. The summed E-state index contributed by atoms with van der Waals surface area (Å²) < 4.78 is 0. The molecule has 1 N–H and O–H groups in total. The fourth-order valence-electron chi connectivity index (χ4n) is 1.73. The summed E-state index contributed by atoms with van der Waals surface area (Å²) in [5, 5.41) is 10.1. The Hall–Kier alpha value is -0.930. The molecule has 1 aromatic rings. The molecule has 3 nitrogen and oxygen atoms in total. The second-order valence-corrected chi connectivity index (χ2v) is 5.19. The van der Waals surface area contributed by atoms with Crippen molar-refractivity contribution in [3.63, 3.8) is 0 Å². The molecule has 18 heavy (non-hydrogen) atoms. The normalized spacial score (nSPS) is 12.2. The summed E-state index contributed by atoms with van der Waals surface area (Å²) in [7, 11) is 0. The molecule has 1 unspecified atom stereocenters. The van der Waals surface area contributed by atoms with Gasteiger partial charge < -0.3 is 10.0 Å². The first-order chi connectivity index (χ1) is 8.43. The maximum atomic E-state index is 10.9. The highest BCUT2D eigenvalue weighted by Gasteiger charge is 2.16. The fraction of sp³-hybridized carbons (Fsp3) is 0.462. The van der Waals surface area contributed by atoms with Crippen LogP contribution in [0.15, 0.2) is 18.2 Å². The van der Waals surface area contributed by atoms with E-state index < -0.39 is 11.9 Å². The Balaban J connectivity index is 2.92. The summed E-state index contributed by atoms with van der Waals surface area (Å²) >= 11 is 11.9. The molecule has 1 atom stereocenters. The molecular weight excluding hydrogens is 273 g/mol. The van der Waals surface area contributed by atoms with Crippen LogP contribution in [0.1, 0.15) is 20.3 Å². The average molecular weight is 290 g/mol. The molecule has 0 heterocycles. The Kier molecular flexibility index (Phi) is 5.76. The van der Waals surface area contributed by atoms with E-state index in [9.17, 15) is 4.79 Å². The van der Waals surface area contributed by atoms with Gasteiger partial charge in [0, 0.05) is 28.8 Å². The second kappa shape index (κ2) is 6.86. The molecule has 0 aliphatic heterocycles. The molecule has 0 spiro atoms. The average Bonchev–Trinajstić information content (AvgIpc) is 2.26. The third-order valence-corrected chi connectivity index (χ3v) is 3.06. The number of rotatable bonds is 6. The molecule has 0 amide bonds. The van der Waals surface area contributed by atoms with Crippen LogP contribution in [0.4, 0.5) is 5.69 Å². The van der Waals surface area contributed by atoms with Gasteiger partial charge in [-0.05, 0) is 24.6 Å². The van der Waals surface area contributed by atoms with Gasteiger partial charge in [-0.2, -0.15) is 0 Å². The summed E-state index contributed by atoms with van der Waals surface area (Å²) in [6.07, 6.45) is 0.927. The zero-order chi connectivity index (χ0) is 13.7. The Labute approximate surface area is 117 Å². The molecule has 0 bridgehead atoms. The summed E-state index contributed by atoms with van der Waals surface area (Å²) in [6, 6.07) is 5.27. The minimum absolute atomic E-state index is 0.436. The largest absolute Gasteiger partial charge is 0.481 e. The van der Waals surface area contributed by atoms with Crippen LogP contribution in [0, 0.1) is 5.92 Å². The van der Waals surface area contributed by atoms with E-state index in [1.54, 1.807) is 25.1 Å². The monoisotopic (exact) mass is 289 g/mol. The van der Waals surface area contributed by atoms with Gasteiger partial charge in [0.15, 0.2) is 0 Å². The maximum Gasteiger partial charge on any atom is 0.308 e. The van der Waals surface area contributed by atoms with Crippen molar-refractivity contribution in [2.24, 2.45) is 5.92 Å². The van der Waals surface area contributed by atoms with Crippen LogP contribution in [0.5, 0.6) is 0 Å². The number of nitrogens with zero attached hydrogens (tertiary/aromatic N) is 1. The van der Waals surface area contributed by atoms with Gasteiger partial charge in [-0.3, -0.25) is 4.79 Å². The van der Waals surface area contributed by atoms with Crippen LogP contribution in [-0.2, 0) is 4.79 Å². The highest BCUT2D eigenvalue weighted by atomic mass is 35.5. The van der Waals surface area contributed by atoms with E-state index >= 15 is 0 Å². The zero-order valence-electron chi connectivity index (χ0n) is 10.5. The third kappa shape index (κ3) is 4.39. The number of benzene rings is 1. The molecule has 0 fully saturated rings. The Morgan fingerprint density at radius 1 is 1.33 bits per heavy atom. The van der Waals surface area contributed by atoms with E-state index in [-0.39, 0.29) is 0 Å². The van der Waals surface area contributed by atoms with Crippen molar-refractivity contribution < 1.29 is 9.90 Å². The number of carboxylic acid groups (broad SMARTS) is 1. The van der Waals surface area contributed by atoms with Crippen LogP contribution < -0.4 is 4.90 Å². The van der Waals surface area contributed by atoms with E-state index in [1.807, 2.05) is 11.8 Å². The molecule has 0 aromatic heterocycles. The first kappa shape index (κ1) is 15.1. The van der Waals surface area contributed by atoms with Gasteiger partial charge in [0.05, 0.1) is 5.92 Å². The maximum absolute atomic E-state index is 10.9. The quantitative estimate of drug-likeness (QED) is 0.863. The van der Waals surface area contributed by atoms with E-state index in [0.717, 1.165) is 18.7 Å². The molecule has 1 rings (SSSR count). The summed E-state index contributed by atoms with van der Waals surface area (Å²) in [6.45, 7) is 4.95. The van der Waals surface area contributed by atoms with Crippen molar-refractivity contribution in [1.29, 1.82) is 0 Å². The van der Waals surface area contributed by atoms with Crippen molar-refractivity contribution in [2.45, 2.75) is 20.3 Å². The highest BCUT2D eigenvalue weighted by molar-refractivity contribution is 6.35. The van der Waals surface area contributed by atoms with Gasteiger partial charge in [-0.25, -0.2) is 0 Å². The highest BCUT2D eigenvalue weighted by Crippen LogP contribution is 2.26. The third-order valence-electron chi connectivity index (χ3n) is 2.62. The van der Waals surface area contributed by atoms with Crippen LogP contribution >= 0.6 is 23.2 Å². The van der Waals surface area contributed by atoms with Gasteiger partial charge >= 0.3 is 5.97 Å². The van der Waals surface area contributed by atoms with Crippen LogP contribution in [0.3, 0.4) is 0 Å². The van der Waals surface area contributed by atoms with Crippen molar-refractivity contribution in [3.05, 3.63) is 28.2 Å². The van der Waals surface area contributed by atoms with Crippen LogP contribution in [0.2, 0.25) is 10.0 Å². The van der Waals surface area contributed by atoms with E-state index in [1.165, 1.54) is 0 Å². The molecule has 0 radical (unpaired) electrons. The van der Waals surface area contributed by atoms with Crippen molar-refractivity contribution >= 4 is 34.9 Å². The lowest BCUT2D eigenvalue weighted by atomic mass is 10.1. The lowest BCUT2D eigenvalue weighted by molar-refractivity contribution is -0.140. The topological polar surface area (TPSA) is 40.5 Å². The molecule has 0 saturated heterocycles.